The lowest BCUT2D eigenvalue weighted by Crippen LogP contribution is -2.37. The Hall–Kier alpha value is -2.17. The minimum atomic E-state index is 0.00421. The smallest absolute Gasteiger partial charge is 0.252 e. The van der Waals surface area contributed by atoms with Gasteiger partial charge in [-0.15, -0.1) is 0 Å². The maximum atomic E-state index is 12.7. The molecule has 2 aliphatic carbocycles. The van der Waals surface area contributed by atoms with Gasteiger partial charge in [-0.05, 0) is 37.2 Å². The highest BCUT2D eigenvalue weighted by Crippen LogP contribution is 2.44. The fourth-order valence-corrected chi connectivity index (χ4v) is 4.21. The van der Waals surface area contributed by atoms with Crippen molar-refractivity contribution in [2.45, 2.75) is 38.1 Å². The van der Waals surface area contributed by atoms with Crippen molar-refractivity contribution in [2.24, 2.45) is 11.8 Å². The van der Waals surface area contributed by atoms with Gasteiger partial charge >= 0.3 is 0 Å². The molecule has 0 bridgehead atoms. The van der Waals surface area contributed by atoms with E-state index in [0.29, 0.717) is 23.3 Å². The number of aromatic amines is 1. The average Bonchev–Trinajstić information content (AvgIpc) is 3.26. The van der Waals surface area contributed by atoms with E-state index in [9.17, 15) is 4.79 Å². The number of fused-ring (bicyclic) bond motifs is 1. The zero-order valence-electron chi connectivity index (χ0n) is 12.5. The molecule has 114 valence electrons. The number of amides is 1. The molecular formula is C17H20N4O. The molecule has 1 heterocycles. The topological polar surface area (TPSA) is 70.7 Å². The number of nitrogens with one attached hydrogen (secondary N) is 2. The molecule has 2 saturated carbocycles. The van der Waals surface area contributed by atoms with Gasteiger partial charge in [0, 0.05) is 11.6 Å². The third-order valence-corrected chi connectivity index (χ3v) is 5.24. The van der Waals surface area contributed by atoms with Crippen molar-refractivity contribution in [1.29, 1.82) is 0 Å². The highest BCUT2D eigenvalue weighted by molar-refractivity contribution is 6.00. The van der Waals surface area contributed by atoms with Crippen molar-refractivity contribution in [1.82, 2.24) is 20.5 Å². The van der Waals surface area contributed by atoms with Crippen molar-refractivity contribution < 1.29 is 4.79 Å². The van der Waals surface area contributed by atoms with E-state index in [4.69, 9.17) is 0 Å². The SMILES string of the molecule is O=C(N[C@H]1CC[C@@H]2CCC[C@@H]21)c1ccccc1-c1ncn[nH]1. The Bertz CT molecular complexity index is 667. The Kier molecular flexibility index (Phi) is 3.41. The molecule has 2 aliphatic rings. The maximum Gasteiger partial charge on any atom is 0.252 e. The van der Waals surface area contributed by atoms with E-state index >= 15 is 0 Å². The predicted molar refractivity (Wildman–Crippen MR) is 83.1 cm³/mol. The predicted octanol–water partition coefficient (Wildman–Crippen LogP) is 2.78. The van der Waals surface area contributed by atoms with Crippen LogP contribution in [0.3, 0.4) is 0 Å². The summed E-state index contributed by atoms with van der Waals surface area (Å²) in [4.78, 5) is 16.9. The van der Waals surface area contributed by atoms with Gasteiger partial charge < -0.3 is 5.32 Å². The number of hydrogen-bond donors (Lipinski definition) is 2. The maximum absolute atomic E-state index is 12.7. The van der Waals surface area contributed by atoms with Crippen molar-refractivity contribution in [3.05, 3.63) is 36.2 Å². The van der Waals surface area contributed by atoms with Gasteiger partial charge in [-0.3, -0.25) is 9.89 Å². The summed E-state index contributed by atoms with van der Waals surface area (Å²) in [7, 11) is 0. The van der Waals surface area contributed by atoms with Crippen LogP contribution in [-0.2, 0) is 0 Å². The number of carbonyl (C=O) groups excluding carboxylic acids is 1. The first-order valence-electron chi connectivity index (χ1n) is 8.08. The van der Waals surface area contributed by atoms with Gasteiger partial charge in [-0.2, -0.15) is 5.10 Å². The molecule has 5 heteroatoms. The van der Waals surface area contributed by atoms with Crippen LogP contribution in [0.4, 0.5) is 0 Å². The molecular weight excluding hydrogens is 276 g/mol. The molecule has 3 atom stereocenters. The van der Waals surface area contributed by atoms with Crippen molar-refractivity contribution >= 4 is 5.91 Å². The lowest BCUT2D eigenvalue weighted by molar-refractivity contribution is 0.0927. The number of aromatic nitrogens is 3. The van der Waals surface area contributed by atoms with Gasteiger partial charge in [-0.25, -0.2) is 4.98 Å². The van der Waals surface area contributed by atoms with E-state index in [2.05, 4.69) is 20.5 Å². The second kappa shape index (κ2) is 5.55. The number of rotatable bonds is 3. The second-order valence-electron chi connectivity index (χ2n) is 6.39. The van der Waals surface area contributed by atoms with Crippen LogP contribution in [0.1, 0.15) is 42.5 Å². The molecule has 1 amide bonds. The summed E-state index contributed by atoms with van der Waals surface area (Å²) in [6.07, 6.45) is 7.76. The molecule has 2 fully saturated rings. The van der Waals surface area contributed by atoms with Gasteiger partial charge in [0.2, 0.25) is 0 Å². The van der Waals surface area contributed by atoms with Gasteiger partial charge in [0.1, 0.15) is 6.33 Å². The summed E-state index contributed by atoms with van der Waals surface area (Å²) in [5.41, 5.74) is 1.47. The minimum Gasteiger partial charge on any atom is -0.349 e. The number of hydrogen-bond acceptors (Lipinski definition) is 3. The minimum absolute atomic E-state index is 0.00421. The van der Waals surface area contributed by atoms with E-state index in [0.717, 1.165) is 17.9 Å². The first kappa shape index (κ1) is 13.5. The Balaban J connectivity index is 1.56. The molecule has 22 heavy (non-hydrogen) atoms. The highest BCUT2D eigenvalue weighted by atomic mass is 16.1. The first-order chi connectivity index (χ1) is 10.8. The van der Waals surface area contributed by atoms with Gasteiger partial charge in [0.15, 0.2) is 5.82 Å². The van der Waals surface area contributed by atoms with E-state index in [-0.39, 0.29) is 5.91 Å². The van der Waals surface area contributed by atoms with Crippen LogP contribution in [0.25, 0.3) is 11.4 Å². The molecule has 1 aromatic carbocycles. The van der Waals surface area contributed by atoms with E-state index in [1.54, 1.807) is 0 Å². The summed E-state index contributed by atoms with van der Waals surface area (Å²) >= 11 is 0. The molecule has 0 aliphatic heterocycles. The van der Waals surface area contributed by atoms with Gasteiger partial charge in [-0.1, -0.05) is 31.0 Å². The summed E-state index contributed by atoms with van der Waals surface area (Å²) in [6.45, 7) is 0. The number of carbonyl (C=O) groups is 1. The fourth-order valence-electron chi connectivity index (χ4n) is 4.21. The fraction of sp³-hybridized carbons (Fsp3) is 0.471. The lowest BCUT2D eigenvalue weighted by atomic mass is 9.97. The molecule has 1 aromatic heterocycles. The van der Waals surface area contributed by atoms with Crippen molar-refractivity contribution in [3.63, 3.8) is 0 Å². The second-order valence-corrected chi connectivity index (χ2v) is 6.39. The zero-order valence-corrected chi connectivity index (χ0v) is 12.5. The van der Waals surface area contributed by atoms with Crippen LogP contribution in [0.2, 0.25) is 0 Å². The molecule has 2 aromatic rings. The number of nitrogens with zero attached hydrogens (tertiary/aromatic N) is 2. The molecule has 5 nitrogen and oxygen atoms in total. The Morgan fingerprint density at radius 1 is 1.18 bits per heavy atom. The van der Waals surface area contributed by atoms with Crippen LogP contribution in [-0.4, -0.2) is 27.1 Å². The third kappa shape index (κ3) is 2.30. The normalized spacial score (nSPS) is 26.8. The van der Waals surface area contributed by atoms with E-state index in [1.807, 2.05) is 24.3 Å². The Morgan fingerprint density at radius 2 is 2.09 bits per heavy atom. The lowest BCUT2D eigenvalue weighted by Gasteiger charge is -2.20. The molecule has 2 N–H and O–H groups in total. The Morgan fingerprint density at radius 3 is 2.95 bits per heavy atom. The molecule has 0 saturated heterocycles. The summed E-state index contributed by atoms with van der Waals surface area (Å²) in [5, 5.41) is 9.98. The molecule has 0 spiro atoms. The largest absolute Gasteiger partial charge is 0.349 e. The monoisotopic (exact) mass is 296 g/mol. The standard InChI is InChI=1S/C17H20N4O/c22-17(20-15-9-8-11-4-3-7-12(11)15)14-6-2-1-5-13(14)16-18-10-19-21-16/h1-2,5-6,10-12,15H,3-4,7-9H2,(H,20,22)(H,18,19,21)/t11-,12-,15-/m0/s1. The van der Waals surface area contributed by atoms with Crippen LogP contribution in [0.5, 0.6) is 0 Å². The highest BCUT2D eigenvalue weighted by Gasteiger charge is 2.39. The summed E-state index contributed by atoms with van der Waals surface area (Å²) in [5.74, 6) is 2.15. The molecule has 0 radical (unpaired) electrons. The number of benzene rings is 1. The number of H-pyrrole nitrogens is 1. The molecule has 4 rings (SSSR count). The summed E-state index contributed by atoms with van der Waals surface area (Å²) in [6, 6.07) is 7.90. The van der Waals surface area contributed by atoms with Gasteiger partial charge in [0.05, 0.1) is 5.56 Å². The summed E-state index contributed by atoms with van der Waals surface area (Å²) < 4.78 is 0. The van der Waals surface area contributed by atoms with Gasteiger partial charge in [0.25, 0.3) is 5.91 Å². The van der Waals surface area contributed by atoms with Crippen molar-refractivity contribution in [3.8, 4) is 11.4 Å². The zero-order chi connectivity index (χ0) is 14.9. The Labute approximate surface area is 129 Å². The molecule has 0 unspecified atom stereocenters. The van der Waals surface area contributed by atoms with Crippen molar-refractivity contribution in [2.75, 3.05) is 0 Å². The van der Waals surface area contributed by atoms with Crippen LogP contribution >= 0.6 is 0 Å². The quantitative estimate of drug-likeness (QED) is 0.915. The third-order valence-electron chi connectivity index (χ3n) is 5.24. The average molecular weight is 296 g/mol. The van der Waals surface area contributed by atoms with E-state index in [1.165, 1.54) is 32.0 Å². The van der Waals surface area contributed by atoms with E-state index < -0.39 is 0 Å². The van der Waals surface area contributed by atoms with Crippen LogP contribution < -0.4 is 5.32 Å². The first-order valence-corrected chi connectivity index (χ1v) is 8.08. The van der Waals surface area contributed by atoms with Crippen LogP contribution in [0.15, 0.2) is 30.6 Å². The van der Waals surface area contributed by atoms with Crippen LogP contribution in [0, 0.1) is 11.8 Å².